The Bertz CT molecular complexity index is 1270. The zero-order chi connectivity index (χ0) is 22.1. The number of nitrogens with two attached hydrogens (primary N) is 1. The van der Waals surface area contributed by atoms with Crippen molar-refractivity contribution >= 4 is 11.7 Å². The molecule has 0 atom stereocenters. The minimum Gasteiger partial charge on any atom is -0.407 e. The van der Waals surface area contributed by atoms with Crippen LogP contribution in [0.3, 0.4) is 0 Å². The van der Waals surface area contributed by atoms with E-state index in [2.05, 4.69) is 19.1 Å². The van der Waals surface area contributed by atoms with E-state index in [-0.39, 0.29) is 0 Å². The quantitative estimate of drug-likeness (QED) is 0.348. The Morgan fingerprint density at radius 1 is 0.935 bits per heavy atom. The summed E-state index contributed by atoms with van der Waals surface area (Å²) in [6.07, 6.45) is 0. The van der Waals surface area contributed by atoms with Crippen LogP contribution in [0.1, 0.15) is 23.6 Å². The van der Waals surface area contributed by atoms with Gasteiger partial charge in [-0.25, -0.2) is 0 Å². The fourth-order valence-corrected chi connectivity index (χ4v) is 3.67. The minimum atomic E-state index is -0.404. The third-order valence-corrected chi connectivity index (χ3v) is 5.38. The number of rotatable bonds is 4. The Balaban J connectivity index is 2.08. The molecule has 156 valence electrons. The van der Waals surface area contributed by atoms with Gasteiger partial charge in [0, 0.05) is 18.2 Å². The van der Waals surface area contributed by atoms with Gasteiger partial charge in [0.05, 0.1) is 11.3 Å². The first-order valence-corrected chi connectivity index (χ1v) is 10.2. The van der Waals surface area contributed by atoms with Crippen molar-refractivity contribution in [3.8, 4) is 34.0 Å². The summed E-state index contributed by atoms with van der Waals surface area (Å²) in [6, 6.07) is 21.7. The molecule has 0 spiro atoms. The third kappa shape index (κ3) is 3.94. The van der Waals surface area contributed by atoms with Crippen molar-refractivity contribution in [1.82, 2.24) is 9.78 Å². The van der Waals surface area contributed by atoms with Gasteiger partial charge < -0.3 is 10.5 Å². The molecule has 4 aromatic rings. The van der Waals surface area contributed by atoms with E-state index in [1.807, 2.05) is 68.4 Å². The number of nitrogen functional groups attached to an aromatic ring is 1. The van der Waals surface area contributed by atoms with Crippen LogP contribution in [0.2, 0.25) is 0 Å². The molecule has 0 amide bonds. The van der Waals surface area contributed by atoms with Gasteiger partial charge in [-0.2, -0.15) is 9.78 Å². The second-order valence-corrected chi connectivity index (χ2v) is 7.74. The van der Waals surface area contributed by atoms with Crippen LogP contribution >= 0.6 is 0 Å². The molecular formula is C26H25N3O2. The van der Waals surface area contributed by atoms with Crippen LogP contribution in [-0.4, -0.2) is 15.7 Å². The summed E-state index contributed by atoms with van der Waals surface area (Å²) in [5.74, 6) is -0.0126. The van der Waals surface area contributed by atoms with Crippen LogP contribution in [-0.2, 0) is 4.79 Å². The highest BCUT2D eigenvalue weighted by atomic mass is 16.5. The average molecular weight is 412 g/mol. The molecule has 0 unspecified atom stereocenters. The Kier molecular flexibility index (Phi) is 5.34. The predicted octanol–water partition coefficient (Wildman–Crippen LogP) is 5.64. The number of hydrogen-bond donors (Lipinski definition) is 1. The van der Waals surface area contributed by atoms with Crippen LogP contribution < -0.4 is 10.5 Å². The van der Waals surface area contributed by atoms with Gasteiger partial charge in [0.15, 0.2) is 0 Å². The molecule has 1 heterocycles. The summed E-state index contributed by atoms with van der Waals surface area (Å²) in [4.78, 5) is 12.1. The van der Waals surface area contributed by atoms with E-state index in [1.54, 1.807) is 4.68 Å². The van der Waals surface area contributed by atoms with Gasteiger partial charge >= 0.3 is 5.97 Å². The molecule has 2 N–H and O–H groups in total. The van der Waals surface area contributed by atoms with Crippen molar-refractivity contribution in [3.05, 3.63) is 83.4 Å². The number of aromatic nitrogens is 2. The molecule has 0 radical (unpaired) electrons. The zero-order valence-electron chi connectivity index (χ0n) is 18.1. The molecular weight excluding hydrogens is 386 g/mol. The van der Waals surface area contributed by atoms with E-state index in [0.717, 1.165) is 44.8 Å². The lowest BCUT2D eigenvalue weighted by molar-refractivity contribution is -0.132. The molecule has 0 saturated carbocycles. The molecule has 0 aliphatic heterocycles. The first-order valence-electron chi connectivity index (χ1n) is 10.2. The van der Waals surface area contributed by atoms with Gasteiger partial charge in [0.25, 0.3) is 0 Å². The maximum Gasteiger partial charge on any atom is 0.309 e. The molecule has 0 aliphatic carbocycles. The van der Waals surface area contributed by atoms with Crippen molar-refractivity contribution in [2.45, 2.75) is 27.7 Å². The molecule has 0 bridgehead atoms. The van der Waals surface area contributed by atoms with E-state index in [0.29, 0.717) is 11.6 Å². The molecule has 0 saturated heterocycles. The standard InChI is InChI=1S/C26H25N3O2/c1-16-7-5-9-21(15-16)25-24(20-11-13-22(27)14-12-20)26(31-19(4)30)29(28-25)23-10-6-8-17(2)18(23)3/h5-15H,27H2,1-4H3. The number of nitrogens with zero attached hydrogens (tertiary/aromatic N) is 2. The van der Waals surface area contributed by atoms with Crippen molar-refractivity contribution in [2.24, 2.45) is 0 Å². The van der Waals surface area contributed by atoms with E-state index in [4.69, 9.17) is 15.6 Å². The molecule has 4 rings (SSSR count). The monoisotopic (exact) mass is 411 g/mol. The van der Waals surface area contributed by atoms with Crippen LogP contribution in [0.5, 0.6) is 5.88 Å². The smallest absolute Gasteiger partial charge is 0.309 e. The number of benzene rings is 3. The number of anilines is 1. The van der Waals surface area contributed by atoms with E-state index in [9.17, 15) is 4.79 Å². The van der Waals surface area contributed by atoms with E-state index < -0.39 is 5.97 Å². The molecule has 3 aromatic carbocycles. The van der Waals surface area contributed by atoms with Crippen LogP contribution in [0.4, 0.5) is 5.69 Å². The number of hydrogen-bond acceptors (Lipinski definition) is 4. The van der Waals surface area contributed by atoms with Crippen molar-refractivity contribution in [2.75, 3.05) is 5.73 Å². The van der Waals surface area contributed by atoms with Gasteiger partial charge in [-0.05, 0) is 61.7 Å². The second kappa shape index (κ2) is 8.11. The molecule has 0 aliphatic rings. The lowest BCUT2D eigenvalue weighted by atomic mass is 10.00. The maximum absolute atomic E-state index is 12.1. The highest BCUT2D eigenvalue weighted by Gasteiger charge is 2.25. The summed E-state index contributed by atoms with van der Waals surface area (Å²) < 4.78 is 7.50. The number of carbonyl (C=O) groups is 1. The predicted molar refractivity (Wildman–Crippen MR) is 124 cm³/mol. The molecule has 5 nitrogen and oxygen atoms in total. The van der Waals surface area contributed by atoms with Crippen molar-refractivity contribution in [3.63, 3.8) is 0 Å². The lowest BCUT2D eigenvalue weighted by Gasteiger charge is -2.12. The molecule has 0 fully saturated rings. The normalized spacial score (nSPS) is 10.8. The van der Waals surface area contributed by atoms with Crippen LogP contribution in [0, 0.1) is 20.8 Å². The SMILES string of the molecule is CC(=O)Oc1c(-c2ccc(N)cc2)c(-c2cccc(C)c2)nn1-c1cccc(C)c1C. The molecule has 1 aromatic heterocycles. The number of aryl methyl sites for hydroxylation is 2. The summed E-state index contributed by atoms with van der Waals surface area (Å²) in [6.45, 7) is 7.54. The largest absolute Gasteiger partial charge is 0.407 e. The summed E-state index contributed by atoms with van der Waals surface area (Å²) in [5, 5.41) is 4.95. The van der Waals surface area contributed by atoms with Gasteiger partial charge in [-0.1, -0.05) is 48.0 Å². The Hall–Kier alpha value is -3.86. The first-order chi connectivity index (χ1) is 14.8. The maximum atomic E-state index is 12.1. The lowest BCUT2D eigenvalue weighted by Crippen LogP contribution is -2.09. The molecule has 31 heavy (non-hydrogen) atoms. The summed E-state index contributed by atoms with van der Waals surface area (Å²) in [5.41, 5.74) is 14.1. The first kappa shape index (κ1) is 20.4. The fourth-order valence-electron chi connectivity index (χ4n) is 3.67. The van der Waals surface area contributed by atoms with Crippen LogP contribution in [0.15, 0.2) is 66.7 Å². The van der Waals surface area contributed by atoms with Gasteiger partial charge in [-0.15, -0.1) is 0 Å². The fraction of sp³-hybridized carbons (Fsp3) is 0.154. The highest BCUT2D eigenvalue weighted by Crippen LogP contribution is 2.41. The third-order valence-electron chi connectivity index (χ3n) is 5.38. The average Bonchev–Trinajstić information content (AvgIpc) is 3.09. The molecule has 5 heteroatoms. The summed E-state index contributed by atoms with van der Waals surface area (Å²) in [7, 11) is 0. The second-order valence-electron chi connectivity index (χ2n) is 7.74. The topological polar surface area (TPSA) is 70.1 Å². The van der Waals surface area contributed by atoms with Gasteiger partial charge in [0.1, 0.15) is 5.69 Å². The van der Waals surface area contributed by atoms with E-state index >= 15 is 0 Å². The van der Waals surface area contributed by atoms with Gasteiger partial charge in [0.2, 0.25) is 5.88 Å². The van der Waals surface area contributed by atoms with Crippen molar-refractivity contribution in [1.29, 1.82) is 0 Å². The van der Waals surface area contributed by atoms with Crippen molar-refractivity contribution < 1.29 is 9.53 Å². The number of carbonyl (C=O) groups excluding carboxylic acids is 1. The highest BCUT2D eigenvalue weighted by molar-refractivity contribution is 5.87. The Morgan fingerprint density at radius 3 is 2.32 bits per heavy atom. The zero-order valence-corrected chi connectivity index (χ0v) is 18.1. The number of ether oxygens (including phenoxy) is 1. The van der Waals surface area contributed by atoms with E-state index in [1.165, 1.54) is 6.92 Å². The minimum absolute atomic E-state index is 0.391. The number of esters is 1. The summed E-state index contributed by atoms with van der Waals surface area (Å²) >= 11 is 0. The van der Waals surface area contributed by atoms with Gasteiger partial charge in [-0.3, -0.25) is 4.79 Å². The Labute approximate surface area is 182 Å². The Morgan fingerprint density at radius 2 is 1.65 bits per heavy atom. The van der Waals surface area contributed by atoms with Crippen LogP contribution in [0.25, 0.3) is 28.1 Å².